The van der Waals surface area contributed by atoms with Gasteiger partial charge in [0.25, 0.3) is 5.91 Å². The number of sulfonamides is 1. The van der Waals surface area contributed by atoms with Gasteiger partial charge in [-0.15, -0.1) is 11.3 Å². The van der Waals surface area contributed by atoms with Crippen LogP contribution in [0.15, 0.2) is 29.2 Å². The molecule has 0 saturated heterocycles. The average molecular weight is 409 g/mol. The molecular weight excluding hydrogens is 395 g/mol. The molecule has 0 radical (unpaired) electrons. The minimum absolute atomic E-state index is 0.0260. The van der Waals surface area contributed by atoms with Crippen molar-refractivity contribution in [1.82, 2.24) is 4.31 Å². The fourth-order valence-electron chi connectivity index (χ4n) is 1.84. The number of amides is 1. The first kappa shape index (κ1) is 19.0. The monoisotopic (exact) mass is 408 g/mol. The second-order valence-corrected chi connectivity index (χ2v) is 9.28. The maximum atomic E-state index is 12.3. The van der Waals surface area contributed by atoms with Gasteiger partial charge in [-0.1, -0.05) is 23.2 Å². The molecule has 1 heterocycles. The number of anilines is 1. The summed E-state index contributed by atoms with van der Waals surface area (Å²) in [4.78, 5) is 12.4. The highest BCUT2D eigenvalue weighted by atomic mass is 35.5. The number of thiophene rings is 1. The van der Waals surface area contributed by atoms with Crippen molar-refractivity contribution in [2.75, 3.05) is 26.5 Å². The van der Waals surface area contributed by atoms with Crippen LogP contribution in [0.1, 0.15) is 10.4 Å². The molecule has 0 aliphatic heterocycles. The number of carbonyl (C=O) groups is 1. The highest BCUT2D eigenvalue weighted by Gasteiger charge is 2.21. The third-order valence-corrected chi connectivity index (χ3v) is 6.40. The summed E-state index contributed by atoms with van der Waals surface area (Å²) < 4.78 is 31.3. The molecule has 1 amide bonds. The fourth-order valence-corrected chi connectivity index (χ4v) is 4.23. The lowest BCUT2D eigenvalue weighted by Crippen LogP contribution is -2.22. The van der Waals surface area contributed by atoms with Crippen molar-refractivity contribution in [2.24, 2.45) is 0 Å². The largest absolute Gasteiger partial charge is 0.495 e. The Hall–Kier alpha value is -1.32. The first-order chi connectivity index (χ1) is 11.2. The number of rotatable bonds is 5. The third kappa shape index (κ3) is 3.84. The van der Waals surface area contributed by atoms with Crippen LogP contribution in [-0.2, 0) is 10.0 Å². The van der Waals surface area contributed by atoms with E-state index in [0.717, 1.165) is 15.6 Å². The van der Waals surface area contributed by atoms with Gasteiger partial charge in [-0.25, -0.2) is 12.7 Å². The molecule has 0 spiro atoms. The molecular formula is C14H14Cl2N2O4S2. The number of benzene rings is 1. The summed E-state index contributed by atoms with van der Waals surface area (Å²) in [6, 6.07) is 5.64. The number of nitrogens with one attached hydrogen (secondary N) is 1. The van der Waals surface area contributed by atoms with Crippen LogP contribution in [0.3, 0.4) is 0 Å². The maximum Gasteiger partial charge on any atom is 0.258 e. The van der Waals surface area contributed by atoms with Gasteiger partial charge in [-0.05, 0) is 24.3 Å². The fraction of sp³-hybridized carbons (Fsp3) is 0.214. The van der Waals surface area contributed by atoms with Gasteiger partial charge in [-0.2, -0.15) is 0 Å². The van der Waals surface area contributed by atoms with Crippen LogP contribution in [0.25, 0.3) is 0 Å². The minimum atomic E-state index is -3.65. The molecule has 0 aliphatic carbocycles. The average Bonchev–Trinajstić information content (AvgIpc) is 2.85. The van der Waals surface area contributed by atoms with Crippen molar-refractivity contribution in [3.05, 3.63) is 38.5 Å². The molecule has 1 N–H and O–H groups in total. The Kier molecular flexibility index (Phi) is 5.77. The summed E-state index contributed by atoms with van der Waals surface area (Å²) in [5.41, 5.74) is 0.415. The summed E-state index contributed by atoms with van der Waals surface area (Å²) in [6.45, 7) is 0. The van der Waals surface area contributed by atoms with Crippen LogP contribution < -0.4 is 10.1 Å². The van der Waals surface area contributed by atoms with E-state index in [1.807, 2.05) is 0 Å². The van der Waals surface area contributed by atoms with Gasteiger partial charge in [0.05, 0.1) is 27.6 Å². The number of carbonyl (C=O) groups excluding carboxylic acids is 1. The summed E-state index contributed by atoms with van der Waals surface area (Å²) in [5, 5.41) is 2.60. The van der Waals surface area contributed by atoms with E-state index in [1.165, 1.54) is 45.5 Å². The lowest BCUT2D eigenvalue weighted by molar-refractivity contribution is 0.102. The molecule has 10 heteroatoms. The van der Waals surface area contributed by atoms with Crippen LogP contribution in [0.4, 0.5) is 5.69 Å². The molecule has 130 valence electrons. The number of halogens is 2. The topological polar surface area (TPSA) is 75.7 Å². The van der Waals surface area contributed by atoms with Crippen LogP contribution >= 0.6 is 34.5 Å². The van der Waals surface area contributed by atoms with Crippen LogP contribution in [0, 0.1) is 0 Å². The molecule has 2 rings (SSSR count). The summed E-state index contributed by atoms with van der Waals surface area (Å²) in [5.74, 6) is -0.195. The molecule has 24 heavy (non-hydrogen) atoms. The minimum Gasteiger partial charge on any atom is -0.495 e. The first-order valence-electron chi connectivity index (χ1n) is 6.53. The lowest BCUT2D eigenvalue weighted by Gasteiger charge is -2.15. The zero-order valence-electron chi connectivity index (χ0n) is 13.0. The van der Waals surface area contributed by atoms with Gasteiger partial charge in [0.15, 0.2) is 0 Å². The Morgan fingerprint density at radius 2 is 1.92 bits per heavy atom. The smallest absolute Gasteiger partial charge is 0.258 e. The number of hydrogen-bond donors (Lipinski definition) is 1. The molecule has 0 unspecified atom stereocenters. The van der Waals surface area contributed by atoms with Crippen molar-refractivity contribution in [3.8, 4) is 5.75 Å². The lowest BCUT2D eigenvalue weighted by atomic mass is 10.2. The molecule has 1 aromatic heterocycles. The van der Waals surface area contributed by atoms with Crippen LogP contribution in [0.5, 0.6) is 5.75 Å². The Morgan fingerprint density at radius 1 is 1.25 bits per heavy atom. The number of ether oxygens (including phenoxy) is 1. The van der Waals surface area contributed by atoms with Gasteiger partial charge in [0.2, 0.25) is 10.0 Å². The van der Waals surface area contributed by atoms with E-state index in [2.05, 4.69) is 5.32 Å². The second-order valence-electron chi connectivity index (χ2n) is 4.84. The zero-order chi connectivity index (χ0) is 18.1. The third-order valence-electron chi connectivity index (χ3n) is 3.10. The highest BCUT2D eigenvalue weighted by Crippen LogP contribution is 2.33. The van der Waals surface area contributed by atoms with E-state index in [1.54, 1.807) is 0 Å². The van der Waals surface area contributed by atoms with Crippen molar-refractivity contribution >= 4 is 56.2 Å². The van der Waals surface area contributed by atoms with Crippen molar-refractivity contribution in [1.29, 1.82) is 0 Å². The Bertz CT molecular complexity index is 879. The Morgan fingerprint density at radius 3 is 2.42 bits per heavy atom. The predicted molar refractivity (Wildman–Crippen MR) is 96.2 cm³/mol. The van der Waals surface area contributed by atoms with Crippen LogP contribution in [0.2, 0.25) is 8.67 Å². The Balaban J connectivity index is 2.42. The molecule has 0 atom stereocenters. The van der Waals surface area contributed by atoms with Gasteiger partial charge < -0.3 is 10.1 Å². The quantitative estimate of drug-likeness (QED) is 0.820. The van der Waals surface area contributed by atoms with Crippen LogP contribution in [-0.4, -0.2) is 39.8 Å². The highest BCUT2D eigenvalue weighted by molar-refractivity contribution is 7.89. The van der Waals surface area contributed by atoms with Gasteiger partial charge in [0, 0.05) is 14.1 Å². The molecule has 6 nitrogen and oxygen atoms in total. The number of nitrogens with zero attached hydrogens (tertiary/aromatic N) is 1. The molecule has 0 saturated carbocycles. The molecule has 0 aliphatic rings. The first-order valence-corrected chi connectivity index (χ1v) is 9.55. The van der Waals surface area contributed by atoms with E-state index in [4.69, 9.17) is 27.9 Å². The zero-order valence-corrected chi connectivity index (χ0v) is 16.1. The van der Waals surface area contributed by atoms with Crippen molar-refractivity contribution in [2.45, 2.75) is 4.90 Å². The molecule has 1 aromatic carbocycles. The predicted octanol–water partition coefficient (Wildman–Crippen LogP) is 3.57. The normalized spacial score (nSPS) is 11.6. The van der Waals surface area contributed by atoms with E-state index >= 15 is 0 Å². The summed E-state index contributed by atoms with van der Waals surface area (Å²) >= 11 is 12.9. The summed E-state index contributed by atoms with van der Waals surface area (Å²) in [7, 11) is 0.612. The Labute approximate surface area is 154 Å². The molecule has 2 aromatic rings. The number of methoxy groups -OCH3 is 1. The maximum absolute atomic E-state index is 12.3. The second kappa shape index (κ2) is 7.28. The van der Waals surface area contributed by atoms with Crippen molar-refractivity contribution in [3.63, 3.8) is 0 Å². The summed E-state index contributed by atoms with van der Waals surface area (Å²) in [6.07, 6.45) is 0. The van der Waals surface area contributed by atoms with Crippen molar-refractivity contribution < 1.29 is 17.9 Å². The van der Waals surface area contributed by atoms with E-state index in [0.29, 0.717) is 10.1 Å². The van der Waals surface area contributed by atoms with E-state index in [9.17, 15) is 13.2 Å². The standard InChI is InChI=1S/C14H14Cl2N2O4S2/c1-18(2)24(20,21)8-4-5-11(22-3)10(6-8)17-14(19)9-7-12(15)23-13(9)16/h4-7H,1-3H3,(H,17,19). The van der Waals surface area contributed by atoms with Gasteiger partial charge in [0.1, 0.15) is 10.1 Å². The van der Waals surface area contributed by atoms with E-state index in [-0.39, 0.29) is 20.5 Å². The van der Waals surface area contributed by atoms with Gasteiger partial charge in [-0.3, -0.25) is 4.79 Å². The SMILES string of the molecule is COc1ccc(S(=O)(=O)N(C)C)cc1NC(=O)c1cc(Cl)sc1Cl. The number of hydrogen-bond acceptors (Lipinski definition) is 5. The van der Waals surface area contributed by atoms with E-state index < -0.39 is 15.9 Å². The molecule has 0 bridgehead atoms. The molecule has 0 fully saturated rings. The van der Waals surface area contributed by atoms with Gasteiger partial charge >= 0.3 is 0 Å².